The van der Waals surface area contributed by atoms with Gasteiger partial charge in [-0.3, -0.25) is 0 Å². The summed E-state index contributed by atoms with van der Waals surface area (Å²) in [6, 6.07) is 0. The van der Waals surface area contributed by atoms with Crippen LogP contribution in [-0.4, -0.2) is 6.61 Å². The van der Waals surface area contributed by atoms with Crippen molar-refractivity contribution in [3.05, 3.63) is 0 Å². The second-order valence-corrected chi connectivity index (χ2v) is 7.49. The van der Waals surface area contributed by atoms with Gasteiger partial charge in [-0.05, 0) is 18.3 Å². The molecule has 22 heavy (non-hydrogen) atoms. The van der Waals surface area contributed by atoms with E-state index in [4.69, 9.17) is 0 Å². The van der Waals surface area contributed by atoms with E-state index in [1.165, 1.54) is 96.3 Å². The third-order valence-electron chi connectivity index (χ3n) is 4.95. The minimum atomic E-state index is 0.115. The van der Waals surface area contributed by atoms with E-state index in [1.807, 2.05) is 0 Å². The van der Waals surface area contributed by atoms with E-state index in [-0.39, 0.29) is 6.61 Å². The molecule has 1 atom stereocenters. The fourth-order valence-electron chi connectivity index (χ4n) is 3.44. The molecule has 1 unspecified atom stereocenters. The highest BCUT2D eigenvalue weighted by Crippen LogP contribution is 2.25. The third kappa shape index (κ3) is 14.9. The van der Waals surface area contributed by atoms with Gasteiger partial charge < -0.3 is 0 Å². The second kappa shape index (κ2) is 17.3. The Morgan fingerprint density at radius 2 is 1.05 bits per heavy atom. The normalized spacial score (nSPS) is 13.0. The summed E-state index contributed by atoms with van der Waals surface area (Å²) in [5.41, 5.74) is 0. The lowest BCUT2D eigenvalue weighted by Crippen LogP contribution is -2.09. The number of hydrogen-bond acceptors (Lipinski definition) is 0. The highest BCUT2D eigenvalue weighted by molar-refractivity contribution is 4.64. The van der Waals surface area contributed by atoms with E-state index in [0.29, 0.717) is 5.92 Å². The largest absolute Gasteiger partial charge is 0.236 e. The first-order valence-electron chi connectivity index (χ1n) is 10.3. The molecule has 0 aromatic carbocycles. The average molecular weight is 312 g/mol. The van der Waals surface area contributed by atoms with Crippen molar-refractivity contribution in [2.75, 3.05) is 6.61 Å². The van der Waals surface area contributed by atoms with E-state index in [9.17, 15) is 5.11 Å². The van der Waals surface area contributed by atoms with Crippen LogP contribution in [0.3, 0.4) is 0 Å². The molecule has 0 saturated carbocycles. The van der Waals surface area contributed by atoms with Gasteiger partial charge in [-0.25, -0.2) is 5.11 Å². The van der Waals surface area contributed by atoms with Crippen LogP contribution in [0, 0.1) is 11.8 Å². The fourth-order valence-corrected chi connectivity index (χ4v) is 3.44. The zero-order chi connectivity index (χ0) is 16.5. The van der Waals surface area contributed by atoms with E-state index >= 15 is 0 Å². The summed E-state index contributed by atoms with van der Waals surface area (Å²) in [4.78, 5) is 0. The smallest absolute Gasteiger partial charge is 0.0847 e. The fraction of sp³-hybridized carbons (Fsp3) is 1.00. The Morgan fingerprint density at radius 3 is 1.45 bits per heavy atom. The lowest BCUT2D eigenvalue weighted by atomic mass is 9.87. The zero-order valence-electron chi connectivity index (χ0n) is 15.9. The molecule has 1 nitrogen and oxygen atoms in total. The monoisotopic (exact) mass is 311 g/mol. The number of rotatable bonds is 17. The van der Waals surface area contributed by atoms with Crippen LogP contribution >= 0.6 is 0 Å². The van der Waals surface area contributed by atoms with Crippen molar-refractivity contribution in [2.24, 2.45) is 11.8 Å². The highest BCUT2D eigenvalue weighted by Gasteiger charge is 2.13. The van der Waals surface area contributed by atoms with Gasteiger partial charge in [-0.15, -0.1) is 0 Å². The molecule has 0 N–H and O–H groups in total. The predicted octanol–water partition coefficient (Wildman–Crippen LogP) is 7.56. The van der Waals surface area contributed by atoms with Crippen LogP contribution in [0.25, 0.3) is 0 Å². The maximum Gasteiger partial charge on any atom is 0.0847 e. The Hall–Kier alpha value is -0.0400. The SMILES string of the molecule is CCCCCCCCC(CCCCCCCC)CC(C)C[O]. The van der Waals surface area contributed by atoms with Gasteiger partial charge >= 0.3 is 0 Å². The Bertz CT molecular complexity index is 186. The van der Waals surface area contributed by atoms with Gasteiger partial charge in [0.25, 0.3) is 0 Å². The van der Waals surface area contributed by atoms with Gasteiger partial charge in [0.1, 0.15) is 0 Å². The lowest BCUT2D eigenvalue weighted by molar-refractivity contribution is 0.133. The molecule has 0 aromatic rings. The number of unbranched alkanes of at least 4 members (excludes halogenated alkanes) is 10. The van der Waals surface area contributed by atoms with Crippen LogP contribution in [0.5, 0.6) is 0 Å². The molecular weight excluding hydrogens is 268 g/mol. The molecule has 0 fully saturated rings. The van der Waals surface area contributed by atoms with Crippen molar-refractivity contribution in [2.45, 2.75) is 117 Å². The van der Waals surface area contributed by atoms with Crippen LogP contribution in [0.4, 0.5) is 0 Å². The molecular formula is C21H43O. The lowest BCUT2D eigenvalue weighted by Gasteiger charge is -2.19. The van der Waals surface area contributed by atoms with Gasteiger partial charge in [0, 0.05) is 0 Å². The molecule has 0 aromatic heterocycles. The summed E-state index contributed by atoms with van der Waals surface area (Å²) in [5.74, 6) is 1.20. The summed E-state index contributed by atoms with van der Waals surface area (Å²) >= 11 is 0. The summed E-state index contributed by atoms with van der Waals surface area (Å²) in [5, 5.41) is 11.1. The highest BCUT2D eigenvalue weighted by atomic mass is 16.3. The standard InChI is InChI=1S/C21H43O/c1-4-6-8-10-12-14-16-21(18-20(3)19-22)17-15-13-11-9-7-5-2/h20-21H,4-19H2,1-3H3. The van der Waals surface area contributed by atoms with Crippen LogP contribution < -0.4 is 0 Å². The van der Waals surface area contributed by atoms with Crippen LogP contribution in [-0.2, 0) is 5.11 Å². The summed E-state index contributed by atoms with van der Waals surface area (Å²) in [6.07, 6.45) is 20.6. The topological polar surface area (TPSA) is 19.9 Å². The molecule has 0 aliphatic heterocycles. The summed E-state index contributed by atoms with van der Waals surface area (Å²) in [6.45, 7) is 6.81. The maximum atomic E-state index is 11.1. The number of hydrogen-bond donors (Lipinski definition) is 0. The van der Waals surface area contributed by atoms with E-state index in [1.54, 1.807) is 0 Å². The van der Waals surface area contributed by atoms with Crippen molar-refractivity contribution in [3.8, 4) is 0 Å². The van der Waals surface area contributed by atoms with Gasteiger partial charge in [0.05, 0.1) is 6.61 Å². The Kier molecular flexibility index (Phi) is 17.3. The summed E-state index contributed by atoms with van der Waals surface area (Å²) in [7, 11) is 0. The van der Waals surface area contributed by atoms with Gasteiger partial charge in [0.2, 0.25) is 0 Å². The van der Waals surface area contributed by atoms with Gasteiger partial charge in [0.15, 0.2) is 0 Å². The Balaban J connectivity index is 3.75. The van der Waals surface area contributed by atoms with Crippen molar-refractivity contribution < 1.29 is 5.11 Å². The van der Waals surface area contributed by atoms with E-state index < -0.39 is 0 Å². The van der Waals surface area contributed by atoms with Crippen molar-refractivity contribution in [1.29, 1.82) is 0 Å². The summed E-state index contributed by atoms with van der Waals surface area (Å²) < 4.78 is 0. The molecule has 0 aliphatic carbocycles. The average Bonchev–Trinajstić information content (AvgIpc) is 2.53. The molecule has 0 heterocycles. The van der Waals surface area contributed by atoms with Gasteiger partial charge in [-0.1, -0.05) is 111 Å². The first-order chi connectivity index (χ1) is 10.7. The Labute approximate surface area is 141 Å². The molecule has 133 valence electrons. The van der Waals surface area contributed by atoms with Crippen molar-refractivity contribution in [1.82, 2.24) is 0 Å². The van der Waals surface area contributed by atoms with Crippen LogP contribution in [0.2, 0.25) is 0 Å². The van der Waals surface area contributed by atoms with Gasteiger partial charge in [-0.2, -0.15) is 0 Å². The van der Waals surface area contributed by atoms with Crippen LogP contribution in [0.1, 0.15) is 117 Å². The maximum absolute atomic E-state index is 11.1. The third-order valence-corrected chi connectivity index (χ3v) is 4.95. The van der Waals surface area contributed by atoms with Crippen molar-refractivity contribution >= 4 is 0 Å². The van der Waals surface area contributed by atoms with E-state index in [2.05, 4.69) is 20.8 Å². The molecule has 0 bridgehead atoms. The Morgan fingerprint density at radius 1 is 0.636 bits per heavy atom. The van der Waals surface area contributed by atoms with Crippen LogP contribution in [0.15, 0.2) is 0 Å². The molecule has 1 radical (unpaired) electrons. The second-order valence-electron chi connectivity index (χ2n) is 7.49. The molecule has 0 amide bonds. The molecule has 1 heteroatoms. The zero-order valence-corrected chi connectivity index (χ0v) is 15.9. The van der Waals surface area contributed by atoms with E-state index in [0.717, 1.165) is 5.92 Å². The minimum Gasteiger partial charge on any atom is -0.236 e. The first kappa shape index (κ1) is 22.0. The molecule has 0 saturated heterocycles. The van der Waals surface area contributed by atoms with Crippen molar-refractivity contribution in [3.63, 3.8) is 0 Å². The first-order valence-corrected chi connectivity index (χ1v) is 10.3. The minimum absolute atomic E-state index is 0.115. The quantitative estimate of drug-likeness (QED) is 0.247. The predicted molar refractivity (Wildman–Crippen MR) is 98.8 cm³/mol. The molecule has 0 spiro atoms. The molecule has 0 rings (SSSR count). The molecule has 0 aliphatic rings.